The van der Waals surface area contributed by atoms with Crippen molar-refractivity contribution >= 4 is 17.5 Å². The number of nitrogens with two attached hydrogens (primary N) is 1. The highest BCUT2D eigenvalue weighted by Crippen LogP contribution is 2.46. The van der Waals surface area contributed by atoms with Gasteiger partial charge in [-0.15, -0.1) is 5.10 Å². The lowest BCUT2D eigenvalue weighted by molar-refractivity contribution is 0.0946. The molecule has 2 aliphatic rings. The van der Waals surface area contributed by atoms with Crippen molar-refractivity contribution in [3.63, 3.8) is 0 Å². The van der Waals surface area contributed by atoms with Crippen molar-refractivity contribution in [3.8, 4) is 22.8 Å². The molecule has 2 aliphatic carbocycles. The Kier molecular flexibility index (Phi) is 5.67. The Morgan fingerprint density at radius 1 is 1.17 bits per heavy atom. The fourth-order valence-corrected chi connectivity index (χ4v) is 5.54. The maximum atomic E-state index is 13.2. The maximum absolute atomic E-state index is 13.2. The van der Waals surface area contributed by atoms with Crippen LogP contribution in [0.25, 0.3) is 16.8 Å². The number of rotatable bonds is 7. The molecular weight excluding hydrogens is 456 g/mol. The van der Waals surface area contributed by atoms with Crippen LogP contribution < -0.4 is 20.5 Å². The second-order valence-corrected chi connectivity index (χ2v) is 9.59. The first-order valence-electron chi connectivity index (χ1n) is 12.3. The molecule has 36 heavy (non-hydrogen) atoms. The molecule has 0 spiro atoms. The van der Waals surface area contributed by atoms with Gasteiger partial charge in [-0.2, -0.15) is 4.98 Å². The lowest BCUT2D eigenvalue weighted by atomic mass is 9.97. The Labute approximate surface area is 208 Å². The summed E-state index contributed by atoms with van der Waals surface area (Å²) in [7, 11) is 1.50. The van der Waals surface area contributed by atoms with E-state index in [0.29, 0.717) is 23.7 Å². The van der Waals surface area contributed by atoms with Gasteiger partial charge < -0.3 is 20.5 Å². The van der Waals surface area contributed by atoms with Gasteiger partial charge in [0.1, 0.15) is 17.4 Å². The van der Waals surface area contributed by atoms with Crippen LogP contribution in [0.1, 0.15) is 41.6 Å². The van der Waals surface area contributed by atoms with Crippen molar-refractivity contribution in [3.05, 3.63) is 66.0 Å². The Morgan fingerprint density at radius 2 is 2.06 bits per heavy atom. The van der Waals surface area contributed by atoms with E-state index >= 15 is 0 Å². The zero-order chi connectivity index (χ0) is 24.6. The van der Waals surface area contributed by atoms with Gasteiger partial charge in [0.15, 0.2) is 5.65 Å². The molecule has 9 heteroatoms. The monoisotopic (exact) mass is 484 g/mol. The zero-order valence-electron chi connectivity index (χ0n) is 20.1. The smallest absolute Gasteiger partial charge is 0.257 e. The van der Waals surface area contributed by atoms with E-state index in [0.717, 1.165) is 34.8 Å². The average molecular weight is 485 g/mol. The molecule has 9 nitrogen and oxygen atoms in total. The quantitative estimate of drug-likeness (QED) is 0.409. The fraction of sp³-hybridized carbons (Fsp3) is 0.333. The van der Waals surface area contributed by atoms with Gasteiger partial charge in [-0.05, 0) is 67.3 Å². The third-order valence-corrected chi connectivity index (χ3v) is 7.34. The predicted octanol–water partition coefficient (Wildman–Crippen LogP) is 3.88. The number of nitrogens with zero attached hydrogens (tertiary/aromatic N) is 4. The van der Waals surface area contributed by atoms with Crippen LogP contribution in [0.4, 0.5) is 5.95 Å². The summed E-state index contributed by atoms with van der Waals surface area (Å²) in [5.74, 6) is 2.49. The van der Waals surface area contributed by atoms with E-state index in [9.17, 15) is 4.79 Å². The zero-order valence-corrected chi connectivity index (χ0v) is 20.1. The number of ether oxygens (including phenoxy) is 2. The third kappa shape index (κ3) is 4.21. The molecule has 2 bridgehead atoms. The van der Waals surface area contributed by atoms with Crippen LogP contribution in [0.2, 0.25) is 0 Å². The minimum absolute atomic E-state index is 0.199. The normalized spacial score (nSPS) is 20.5. The number of para-hydroxylation sites is 1. The van der Waals surface area contributed by atoms with Gasteiger partial charge >= 0.3 is 0 Å². The third-order valence-electron chi connectivity index (χ3n) is 7.34. The predicted molar refractivity (Wildman–Crippen MR) is 135 cm³/mol. The van der Waals surface area contributed by atoms with Crippen LogP contribution in [-0.2, 0) is 6.54 Å². The lowest BCUT2D eigenvalue weighted by Crippen LogP contribution is -2.26. The highest BCUT2D eigenvalue weighted by molar-refractivity contribution is 5.97. The molecule has 6 rings (SSSR count). The van der Waals surface area contributed by atoms with Crippen LogP contribution in [-0.4, -0.2) is 38.7 Å². The van der Waals surface area contributed by atoms with Crippen molar-refractivity contribution in [2.45, 2.75) is 38.3 Å². The summed E-state index contributed by atoms with van der Waals surface area (Å²) in [6.45, 7) is 0.341. The number of nitrogens with one attached hydrogen (secondary N) is 1. The molecule has 3 heterocycles. The van der Waals surface area contributed by atoms with Crippen molar-refractivity contribution < 1.29 is 14.3 Å². The summed E-state index contributed by atoms with van der Waals surface area (Å²) < 4.78 is 13.4. The molecule has 2 fully saturated rings. The highest BCUT2D eigenvalue weighted by Gasteiger charge is 2.41. The minimum Gasteiger partial charge on any atom is -0.490 e. The number of nitrogen functional groups attached to an aromatic ring is 1. The molecule has 2 saturated carbocycles. The molecule has 1 amide bonds. The molecule has 3 aromatic heterocycles. The summed E-state index contributed by atoms with van der Waals surface area (Å²) in [6, 6.07) is 13.4. The Hall–Kier alpha value is -4.14. The number of carbonyl (C=O) groups excluding carboxylic acids is 1. The van der Waals surface area contributed by atoms with Gasteiger partial charge in [0.05, 0.1) is 7.11 Å². The number of benzene rings is 1. The Bertz CT molecular complexity index is 1430. The van der Waals surface area contributed by atoms with Gasteiger partial charge in [0.2, 0.25) is 11.8 Å². The summed E-state index contributed by atoms with van der Waals surface area (Å²) in [5.41, 5.74) is 9.20. The van der Waals surface area contributed by atoms with Gasteiger partial charge in [0.25, 0.3) is 5.91 Å². The number of fused-ring (bicyclic) bond motifs is 3. The number of hydrogen-bond acceptors (Lipinski definition) is 7. The summed E-state index contributed by atoms with van der Waals surface area (Å²) >= 11 is 0. The van der Waals surface area contributed by atoms with Crippen molar-refractivity contribution in [1.29, 1.82) is 0 Å². The van der Waals surface area contributed by atoms with Gasteiger partial charge in [-0.1, -0.05) is 18.2 Å². The van der Waals surface area contributed by atoms with Crippen LogP contribution >= 0.6 is 0 Å². The average Bonchev–Trinajstić information content (AvgIpc) is 3.62. The molecule has 3 atom stereocenters. The molecule has 4 aromatic rings. The number of hydrogen-bond donors (Lipinski definition) is 2. The van der Waals surface area contributed by atoms with E-state index < -0.39 is 0 Å². The second-order valence-electron chi connectivity index (χ2n) is 9.59. The molecule has 0 radical (unpaired) electrons. The van der Waals surface area contributed by atoms with E-state index in [1.165, 1.54) is 26.4 Å². The molecule has 184 valence electrons. The lowest BCUT2D eigenvalue weighted by Gasteiger charge is -2.24. The fourth-order valence-electron chi connectivity index (χ4n) is 5.54. The first-order valence-corrected chi connectivity index (χ1v) is 12.3. The summed E-state index contributed by atoms with van der Waals surface area (Å²) in [5, 5.41) is 7.12. The van der Waals surface area contributed by atoms with E-state index in [2.05, 4.69) is 20.4 Å². The number of pyridine rings is 2. The Balaban J connectivity index is 1.20. The first-order chi connectivity index (χ1) is 17.6. The van der Waals surface area contributed by atoms with Crippen LogP contribution in [0, 0.1) is 11.8 Å². The Morgan fingerprint density at radius 3 is 2.86 bits per heavy atom. The number of carbonyl (C=O) groups is 1. The number of amides is 1. The van der Waals surface area contributed by atoms with Crippen molar-refractivity contribution in [2.24, 2.45) is 11.8 Å². The molecule has 0 aliphatic heterocycles. The SMILES string of the molecule is COc1ncc(-c2ccn3nc(N)nc3c2)cc1C(=O)NCc1ccccc1O[C@@H]1C[C@H]2CC[C@@H]1C2. The van der Waals surface area contributed by atoms with Crippen LogP contribution in [0.5, 0.6) is 11.6 Å². The van der Waals surface area contributed by atoms with Crippen molar-refractivity contribution in [2.75, 3.05) is 12.8 Å². The van der Waals surface area contributed by atoms with Crippen LogP contribution in [0.3, 0.4) is 0 Å². The van der Waals surface area contributed by atoms with Crippen LogP contribution in [0.15, 0.2) is 54.9 Å². The first kappa shape index (κ1) is 22.3. The second kappa shape index (κ2) is 9.14. The number of methoxy groups -OCH3 is 1. The molecular formula is C27H28N6O3. The van der Waals surface area contributed by atoms with E-state index in [4.69, 9.17) is 15.2 Å². The topological polar surface area (TPSA) is 117 Å². The van der Waals surface area contributed by atoms with E-state index in [1.54, 1.807) is 23.0 Å². The molecule has 0 saturated heterocycles. The summed E-state index contributed by atoms with van der Waals surface area (Å²) in [4.78, 5) is 21.8. The standard InChI is InChI=1S/C27H28N6O3/c1-35-26-21(12-20(15-30-26)17-8-9-33-24(13-17)31-27(28)32-33)25(34)29-14-19-4-2-3-5-22(19)36-23-11-16-6-7-18(23)10-16/h2-5,8-9,12-13,15-16,18,23H,6-7,10-11,14H2,1H3,(H2,28,32)(H,29,34)/t16-,18+,23+/m0/s1. The minimum atomic E-state index is -0.274. The van der Waals surface area contributed by atoms with Gasteiger partial charge in [0, 0.05) is 30.1 Å². The molecule has 0 unspecified atom stereocenters. The summed E-state index contributed by atoms with van der Waals surface area (Å²) in [6.07, 6.45) is 8.72. The van der Waals surface area contributed by atoms with Crippen molar-refractivity contribution in [1.82, 2.24) is 24.9 Å². The number of anilines is 1. The highest BCUT2D eigenvalue weighted by atomic mass is 16.5. The molecule has 1 aromatic carbocycles. The maximum Gasteiger partial charge on any atom is 0.257 e. The molecule has 3 N–H and O–H groups in total. The van der Waals surface area contributed by atoms with Gasteiger partial charge in [-0.25, -0.2) is 9.50 Å². The van der Waals surface area contributed by atoms with E-state index in [-0.39, 0.29) is 23.8 Å². The van der Waals surface area contributed by atoms with Gasteiger partial charge in [-0.3, -0.25) is 4.79 Å². The number of aromatic nitrogens is 4. The largest absolute Gasteiger partial charge is 0.490 e. The van der Waals surface area contributed by atoms with E-state index in [1.807, 2.05) is 36.4 Å².